The molecule has 0 unspecified atom stereocenters. The first-order valence-electron chi connectivity index (χ1n) is 3.43. The predicted octanol–water partition coefficient (Wildman–Crippen LogP) is -3.66. The molecule has 0 atom stereocenters. The maximum absolute atomic E-state index is 8.68. The third-order valence-electron chi connectivity index (χ3n) is 1.53. The van der Waals surface area contributed by atoms with E-state index in [-0.39, 0.29) is 156 Å². The molecule has 0 heterocycles. The molecule has 0 aliphatic rings. The molecule has 8 nitrogen and oxygen atoms in total. The molecule has 164 valence electrons. The van der Waals surface area contributed by atoms with E-state index in [0.29, 0.717) is 11.1 Å². The molecule has 14 heteroatoms. The van der Waals surface area contributed by atoms with E-state index < -0.39 is 12.6 Å². The van der Waals surface area contributed by atoms with E-state index in [0.717, 1.165) is 0 Å². The van der Waals surface area contributed by atoms with Crippen molar-refractivity contribution in [3.05, 3.63) is 35.4 Å². The Balaban J connectivity index is -0.0000000180. The van der Waals surface area contributed by atoms with Gasteiger partial charge in [-0.2, -0.15) is 0 Å². The summed E-state index contributed by atoms with van der Waals surface area (Å²) in [6.07, 6.45) is -3.04. The van der Waals surface area contributed by atoms with Gasteiger partial charge in [0.1, 0.15) is 0 Å². The van der Waals surface area contributed by atoms with Crippen LogP contribution < -0.4 is 0 Å². The molecule has 0 aromatic heterocycles. The van der Waals surface area contributed by atoms with E-state index in [1.165, 1.54) is 24.3 Å². The molecule has 22 heavy (non-hydrogen) atoms. The topological polar surface area (TPSA) is 207 Å². The van der Waals surface area contributed by atoms with Crippen molar-refractivity contribution >= 4 is 0 Å². The fraction of sp³-hybridized carbons (Fsp3) is 0.250. The Morgan fingerprint density at radius 1 is 0.455 bits per heavy atom. The van der Waals surface area contributed by atoms with Gasteiger partial charge in [-0.15, -0.1) is 0 Å². The van der Waals surface area contributed by atoms with Crippen molar-refractivity contribution in [2.24, 2.45) is 0 Å². The van der Waals surface area contributed by atoms with Crippen LogP contribution in [0, 0.1) is 0 Å². The zero-order chi connectivity index (χ0) is 9.14. The van der Waals surface area contributed by atoms with E-state index in [4.69, 9.17) is 20.4 Å². The Bertz CT molecular complexity index is 236. The first-order chi connectivity index (χ1) is 5.61. The average molecular weight is 889 g/mol. The van der Waals surface area contributed by atoms with Gasteiger partial charge in [0.2, 0.25) is 0 Å². The summed E-state index contributed by atoms with van der Waals surface area (Å²) in [5.74, 6) is 0. The first-order valence-corrected chi connectivity index (χ1v) is 3.43. The third-order valence-corrected chi connectivity index (χ3v) is 1.53. The third kappa shape index (κ3) is 25.6. The van der Waals surface area contributed by atoms with Crippen molar-refractivity contribution in [1.82, 2.24) is 0 Å². The molecular weight excluding hydrogens is 871 g/mol. The van der Waals surface area contributed by atoms with Crippen LogP contribution in [0.15, 0.2) is 24.3 Å². The zero-order valence-electron chi connectivity index (χ0n) is 10.1. The van der Waals surface area contributed by atoms with Crippen LogP contribution >= 0.6 is 0 Å². The number of aliphatic hydroxyl groups excluding tert-OH is 2. The van der Waals surface area contributed by atoms with Crippen LogP contribution in [0.5, 0.6) is 0 Å². The van der Waals surface area contributed by atoms with Crippen molar-refractivity contribution in [1.29, 1.82) is 0 Å². The van der Waals surface area contributed by atoms with E-state index in [9.17, 15) is 0 Å². The second kappa shape index (κ2) is 35.5. The minimum atomic E-state index is -1.52. The molecule has 0 aliphatic heterocycles. The molecule has 0 bridgehead atoms. The van der Waals surface area contributed by atoms with Gasteiger partial charge in [0.05, 0.1) is 0 Å². The van der Waals surface area contributed by atoms with Crippen LogP contribution in [0.3, 0.4) is 0 Å². The van der Waals surface area contributed by atoms with Gasteiger partial charge in [0.25, 0.3) is 0 Å². The summed E-state index contributed by atoms with van der Waals surface area (Å²) in [5, 5.41) is 34.7. The van der Waals surface area contributed by atoms with Crippen LogP contribution in [0.25, 0.3) is 0 Å². The second-order valence-electron chi connectivity index (χ2n) is 2.41. The summed E-state index contributed by atoms with van der Waals surface area (Å²) in [6, 6.07) is 5.66. The Morgan fingerprint density at radius 3 is 0.682 bits per heavy atom. The molecule has 0 spiro atoms. The SMILES string of the molecule is O.O.O.O.OC(O)c1ccc(C(O)O)cc1.[Ag].[Ag].[Ag].[Ag].[Ag].[Ag]. The van der Waals surface area contributed by atoms with E-state index in [1.54, 1.807) is 0 Å². The Labute approximate surface area is 221 Å². The average Bonchev–Trinajstić information content (AvgIpc) is 2.04. The summed E-state index contributed by atoms with van der Waals surface area (Å²) < 4.78 is 0. The van der Waals surface area contributed by atoms with Gasteiger partial charge in [-0.3, -0.25) is 0 Å². The molecule has 12 N–H and O–H groups in total. The largest absolute Gasteiger partial charge is 0.412 e. The molecular formula is C8H18Ag6O8. The molecule has 0 aliphatic carbocycles. The van der Waals surface area contributed by atoms with Gasteiger partial charge < -0.3 is 42.3 Å². The van der Waals surface area contributed by atoms with Crippen molar-refractivity contribution in [3.8, 4) is 0 Å². The molecule has 6 radical (unpaired) electrons. The fourth-order valence-electron chi connectivity index (χ4n) is 0.840. The van der Waals surface area contributed by atoms with Crippen LogP contribution in [-0.4, -0.2) is 42.3 Å². The summed E-state index contributed by atoms with van der Waals surface area (Å²) in [5.41, 5.74) is 0.638. The molecule has 0 saturated heterocycles. The normalized spacial score (nSPS) is 6.09. The van der Waals surface area contributed by atoms with Crippen molar-refractivity contribution in [2.45, 2.75) is 12.6 Å². The van der Waals surface area contributed by atoms with Crippen LogP contribution in [0.4, 0.5) is 0 Å². The smallest absolute Gasteiger partial charge is 0.178 e. The van der Waals surface area contributed by atoms with E-state index in [2.05, 4.69) is 0 Å². The minimum Gasteiger partial charge on any atom is -0.412 e. The first kappa shape index (κ1) is 63.8. The number of hydrogen-bond acceptors (Lipinski definition) is 4. The number of hydrogen-bond donors (Lipinski definition) is 4. The molecule has 1 aromatic rings. The number of aliphatic hydroxyl groups is 4. The van der Waals surface area contributed by atoms with Crippen LogP contribution in [0.2, 0.25) is 0 Å². The molecule has 1 rings (SSSR count). The summed E-state index contributed by atoms with van der Waals surface area (Å²) >= 11 is 0. The van der Waals surface area contributed by atoms with Gasteiger partial charge in [-0.1, -0.05) is 24.3 Å². The standard InChI is InChI=1S/C8H10O4.6Ag.4H2O/c9-7(10)5-1-2-6(4-3-5)8(11)12;;;;;;;;;;/h1-4,7-12H;;;;;;;4*1H2. The van der Waals surface area contributed by atoms with E-state index in [1.807, 2.05) is 0 Å². The zero-order valence-corrected chi connectivity index (χ0v) is 19.0. The van der Waals surface area contributed by atoms with Gasteiger partial charge in [0.15, 0.2) is 12.6 Å². The quantitative estimate of drug-likeness (QED) is 0.175. The Kier molecular flexibility index (Phi) is 103. The molecule has 0 saturated carbocycles. The van der Waals surface area contributed by atoms with E-state index >= 15 is 0 Å². The number of rotatable bonds is 2. The summed E-state index contributed by atoms with van der Waals surface area (Å²) in [7, 11) is 0. The number of benzene rings is 1. The molecule has 0 fully saturated rings. The van der Waals surface area contributed by atoms with Gasteiger partial charge in [0, 0.05) is 145 Å². The van der Waals surface area contributed by atoms with Gasteiger partial charge in [-0.25, -0.2) is 0 Å². The summed E-state index contributed by atoms with van der Waals surface area (Å²) in [4.78, 5) is 0. The molecule has 1 aromatic carbocycles. The van der Waals surface area contributed by atoms with Crippen molar-refractivity contribution in [2.75, 3.05) is 0 Å². The Hall–Kier alpha value is 3.34. The van der Waals surface area contributed by atoms with Crippen molar-refractivity contribution < 1.29 is 177 Å². The monoisotopic (exact) mass is 884 g/mol. The van der Waals surface area contributed by atoms with Gasteiger partial charge in [-0.05, 0) is 0 Å². The van der Waals surface area contributed by atoms with Crippen LogP contribution in [0.1, 0.15) is 23.7 Å². The summed E-state index contributed by atoms with van der Waals surface area (Å²) in [6.45, 7) is 0. The maximum atomic E-state index is 8.68. The fourth-order valence-corrected chi connectivity index (χ4v) is 0.840. The Morgan fingerprint density at radius 2 is 0.591 bits per heavy atom. The van der Waals surface area contributed by atoms with Crippen LogP contribution in [-0.2, 0) is 134 Å². The molecule has 0 amide bonds. The second-order valence-corrected chi connectivity index (χ2v) is 2.41. The van der Waals surface area contributed by atoms with Gasteiger partial charge >= 0.3 is 0 Å². The van der Waals surface area contributed by atoms with Crippen molar-refractivity contribution in [3.63, 3.8) is 0 Å². The predicted molar refractivity (Wildman–Crippen MR) is 55.3 cm³/mol. The maximum Gasteiger partial charge on any atom is 0.178 e. The minimum absolute atomic E-state index is 0.